The quantitative estimate of drug-likeness (QED) is 0.902. The largest absolute Gasteiger partial charge is 0.496 e. The van der Waals surface area contributed by atoms with Gasteiger partial charge in [-0.15, -0.1) is 0 Å². The molecule has 0 unspecified atom stereocenters. The van der Waals surface area contributed by atoms with Crippen molar-refractivity contribution in [1.82, 2.24) is 0 Å². The van der Waals surface area contributed by atoms with E-state index in [0.29, 0.717) is 27.0 Å². The Morgan fingerprint density at radius 1 is 1.20 bits per heavy atom. The Morgan fingerprint density at radius 2 is 1.95 bits per heavy atom. The standard InChI is InChI=1S/C15H13Cl2NO2/c1-9-12(17)4-3-5-13(9)18-15(19)11-8-10(16)6-7-14(11)20-2/h3-8H,1-2H3,(H,18,19). The Bertz CT molecular complexity index is 656. The predicted molar refractivity (Wildman–Crippen MR) is 82.1 cm³/mol. The second-order valence-corrected chi connectivity index (χ2v) is 5.05. The van der Waals surface area contributed by atoms with E-state index in [1.54, 1.807) is 36.4 Å². The molecule has 0 spiro atoms. The summed E-state index contributed by atoms with van der Waals surface area (Å²) in [7, 11) is 1.50. The van der Waals surface area contributed by atoms with E-state index < -0.39 is 0 Å². The molecule has 1 amide bonds. The zero-order valence-electron chi connectivity index (χ0n) is 11.0. The van der Waals surface area contributed by atoms with Crippen LogP contribution in [0.5, 0.6) is 5.75 Å². The number of rotatable bonds is 3. The molecule has 0 saturated heterocycles. The Morgan fingerprint density at radius 3 is 2.65 bits per heavy atom. The maximum atomic E-state index is 12.3. The molecule has 0 saturated carbocycles. The highest BCUT2D eigenvalue weighted by atomic mass is 35.5. The van der Waals surface area contributed by atoms with Crippen LogP contribution in [0.2, 0.25) is 10.0 Å². The molecule has 2 rings (SSSR count). The smallest absolute Gasteiger partial charge is 0.259 e. The van der Waals surface area contributed by atoms with Crippen LogP contribution in [0.3, 0.4) is 0 Å². The lowest BCUT2D eigenvalue weighted by Gasteiger charge is -2.12. The minimum Gasteiger partial charge on any atom is -0.496 e. The number of hydrogen-bond acceptors (Lipinski definition) is 2. The summed E-state index contributed by atoms with van der Waals surface area (Å²) in [5, 5.41) is 3.88. The van der Waals surface area contributed by atoms with Gasteiger partial charge in [-0.1, -0.05) is 29.3 Å². The summed E-state index contributed by atoms with van der Waals surface area (Å²) in [6.45, 7) is 1.84. The van der Waals surface area contributed by atoms with Crippen LogP contribution in [0.1, 0.15) is 15.9 Å². The van der Waals surface area contributed by atoms with E-state index in [9.17, 15) is 4.79 Å². The maximum Gasteiger partial charge on any atom is 0.259 e. The summed E-state index contributed by atoms with van der Waals surface area (Å²) < 4.78 is 5.17. The summed E-state index contributed by atoms with van der Waals surface area (Å²) in [5.74, 6) is 0.168. The molecule has 0 atom stereocenters. The van der Waals surface area contributed by atoms with Gasteiger partial charge in [0.2, 0.25) is 0 Å². The van der Waals surface area contributed by atoms with E-state index in [-0.39, 0.29) is 5.91 Å². The molecule has 2 aromatic rings. The summed E-state index contributed by atoms with van der Waals surface area (Å²) >= 11 is 12.0. The molecule has 104 valence electrons. The van der Waals surface area contributed by atoms with Crippen LogP contribution in [0.25, 0.3) is 0 Å². The number of methoxy groups -OCH3 is 1. The SMILES string of the molecule is COc1ccc(Cl)cc1C(=O)Nc1cccc(Cl)c1C. The fourth-order valence-corrected chi connectivity index (χ4v) is 2.14. The van der Waals surface area contributed by atoms with Crippen molar-refractivity contribution in [3.63, 3.8) is 0 Å². The van der Waals surface area contributed by atoms with Crippen molar-refractivity contribution in [3.05, 3.63) is 57.6 Å². The highest BCUT2D eigenvalue weighted by Gasteiger charge is 2.14. The number of carbonyl (C=O) groups is 1. The van der Waals surface area contributed by atoms with Crippen molar-refractivity contribution in [2.45, 2.75) is 6.92 Å². The maximum absolute atomic E-state index is 12.3. The first-order chi connectivity index (χ1) is 9.52. The van der Waals surface area contributed by atoms with Gasteiger partial charge in [-0.2, -0.15) is 0 Å². The van der Waals surface area contributed by atoms with E-state index in [1.165, 1.54) is 7.11 Å². The summed E-state index contributed by atoms with van der Waals surface area (Å²) in [6.07, 6.45) is 0. The lowest BCUT2D eigenvalue weighted by Crippen LogP contribution is -2.14. The molecular formula is C15H13Cl2NO2. The van der Waals surface area contributed by atoms with E-state index in [4.69, 9.17) is 27.9 Å². The molecule has 0 aliphatic carbocycles. The molecule has 1 N–H and O–H groups in total. The number of hydrogen-bond donors (Lipinski definition) is 1. The van der Waals surface area contributed by atoms with Gasteiger partial charge in [0.05, 0.1) is 12.7 Å². The number of carbonyl (C=O) groups excluding carboxylic acids is 1. The van der Waals surface area contributed by atoms with Gasteiger partial charge in [-0.25, -0.2) is 0 Å². The van der Waals surface area contributed by atoms with Crippen LogP contribution in [0.15, 0.2) is 36.4 Å². The van der Waals surface area contributed by atoms with Gasteiger partial charge in [0.1, 0.15) is 5.75 Å². The number of nitrogens with one attached hydrogen (secondary N) is 1. The number of anilines is 1. The third kappa shape index (κ3) is 3.06. The van der Waals surface area contributed by atoms with Gasteiger partial charge in [-0.05, 0) is 42.8 Å². The minimum absolute atomic E-state index is 0.297. The van der Waals surface area contributed by atoms with Crippen molar-refractivity contribution in [1.29, 1.82) is 0 Å². The van der Waals surface area contributed by atoms with Crippen LogP contribution in [0.4, 0.5) is 5.69 Å². The predicted octanol–water partition coefficient (Wildman–Crippen LogP) is 4.56. The average Bonchev–Trinajstić information content (AvgIpc) is 2.43. The highest BCUT2D eigenvalue weighted by molar-refractivity contribution is 6.32. The van der Waals surface area contributed by atoms with Crippen molar-refractivity contribution < 1.29 is 9.53 Å². The highest BCUT2D eigenvalue weighted by Crippen LogP contribution is 2.26. The topological polar surface area (TPSA) is 38.3 Å². The van der Waals surface area contributed by atoms with E-state index in [0.717, 1.165) is 5.56 Å². The molecule has 3 nitrogen and oxygen atoms in total. The zero-order valence-corrected chi connectivity index (χ0v) is 12.5. The zero-order chi connectivity index (χ0) is 14.7. The molecule has 0 aliphatic heterocycles. The average molecular weight is 310 g/mol. The fraction of sp³-hybridized carbons (Fsp3) is 0.133. The Kier molecular flexibility index (Phi) is 4.53. The van der Waals surface area contributed by atoms with Crippen LogP contribution in [-0.2, 0) is 0 Å². The first-order valence-corrected chi connectivity index (χ1v) is 6.68. The van der Waals surface area contributed by atoms with E-state index in [1.807, 2.05) is 6.92 Å². The van der Waals surface area contributed by atoms with Crippen LogP contribution in [-0.4, -0.2) is 13.0 Å². The third-order valence-corrected chi connectivity index (χ3v) is 3.57. The van der Waals surface area contributed by atoms with Gasteiger partial charge >= 0.3 is 0 Å². The molecule has 0 aliphatic rings. The monoisotopic (exact) mass is 309 g/mol. The van der Waals surface area contributed by atoms with Gasteiger partial charge in [0.25, 0.3) is 5.91 Å². The summed E-state index contributed by atoms with van der Waals surface area (Å²) in [6, 6.07) is 10.2. The van der Waals surface area contributed by atoms with Crippen molar-refractivity contribution in [2.75, 3.05) is 12.4 Å². The lowest BCUT2D eigenvalue weighted by molar-refractivity contribution is 0.102. The number of benzene rings is 2. The van der Waals surface area contributed by atoms with Crippen LogP contribution >= 0.6 is 23.2 Å². The van der Waals surface area contributed by atoms with E-state index >= 15 is 0 Å². The Hall–Kier alpha value is -1.71. The molecule has 20 heavy (non-hydrogen) atoms. The summed E-state index contributed by atoms with van der Waals surface area (Å²) in [4.78, 5) is 12.3. The van der Waals surface area contributed by atoms with Gasteiger partial charge in [0, 0.05) is 15.7 Å². The third-order valence-electron chi connectivity index (χ3n) is 2.92. The molecule has 0 heterocycles. The second kappa shape index (κ2) is 6.16. The van der Waals surface area contributed by atoms with Crippen LogP contribution in [0, 0.1) is 6.92 Å². The fourth-order valence-electron chi connectivity index (χ4n) is 1.79. The molecular weight excluding hydrogens is 297 g/mol. The van der Waals surface area contributed by atoms with Crippen LogP contribution < -0.4 is 10.1 Å². The Labute approximate surface area is 127 Å². The molecule has 2 aromatic carbocycles. The molecule has 5 heteroatoms. The lowest BCUT2D eigenvalue weighted by atomic mass is 10.1. The molecule has 0 bridgehead atoms. The first kappa shape index (κ1) is 14.7. The normalized spacial score (nSPS) is 10.2. The van der Waals surface area contributed by atoms with Gasteiger partial charge < -0.3 is 10.1 Å². The molecule has 0 aromatic heterocycles. The van der Waals surface area contributed by atoms with Crippen molar-refractivity contribution >= 4 is 34.8 Å². The van der Waals surface area contributed by atoms with E-state index in [2.05, 4.69) is 5.32 Å². The first-order valence-electron chi connectivity index (χ1n) is 5.93. The Balaban J connectivity index is 2.33. The second-order valence-electron chi connectivity index (χ2n) is 4.21. The minimum atomic E-state index is -0.297. The summed E-state index contributed by atoms with van der Waals surface area (Å²) in [5.41, 5.74) is 1.84. The van der Waals surface area contributed by atoms with Crippen molar-refractivity contribution in [2.24, 2.45) is 0 Å². The van der Waals surface area contributed by atoms with Gasteiger partial charge in [-0.3, -0.25) is 4.79 Å². The number of ether oxygens (including phenoxy) is 1. The number of amides is 1. The number of halogens is 2. The van der Waals surface area contributed by atoms with Crippen molar-refractivity contribution in [3.8, 4) is 5.75 Å². The molecule has 0 radical (unpaired) electrons. The molecule has 0 fully saturated rings. The van der Waals surface area contributed by atoms with Gasteiger partial charge in [0.15, 0.2) is 0 Å².